The third-order valence-electron chi connectivity index (χ3n) is 4.03. The molecule has 0 spiro atoms. The number of nitrogen functional groups attached to an aromatic ring is 1. The molecule has 0 aliphatic heterocycles. The van der Waals surface area contributed by atoms with E-state index in [0.29, 0.717) is 23.4 Å². The lowest BCUT2D eigenvalue weighted by Gasteiger charge is -2.21. The van der Waals surface area contributed by atoms with E-state index in [1.54, 1.807) is 44.4 Å². The van der Waals surface area contributed by atoms with Crippen LogP contribution < -0.4 is 15.8 Å². The Kier molecular flexibility index (Phi) is 6.60. The molecule has 1 unspecified atom stereocenters. The predicted octanol–water partition coefficient (Wildman–Crippen LogP) is 2.62. The Bertz CT molecular complexity index is 757. The average molecular weight is 355 g/mol. The van der Waals surface area contributed by atoms with Crippen LogP contribution >= 0.6 is 0 Å². The van der Waals surface area contributed by atoms with Gasteiger partial charge >= 0.3 is 0 Å². The fourth-order valence-corrected chi connectivity index (χ4v) is 2.44. The largest absolute Gasteiger partial charge is 0.483 e. The van der Waals surface area contributed by atoms with Crippen molar-refractivity contribution in [3.05, 3.63) is 59.7 Å². The van der Waals surface area contributed by atoms with Crippen LogP contribution in [0.1, 0.15) is 35.3 Å². The minimum Gasteiger partial charge on any atom is -0.483 e. The van der Waals surface area contributed by atoms with Gasteiger partial charge in [0.1, 0.15) is 5.75 Å². The monoisotopic (exact) mass is 355 g/mol. The number of nitrogens with one attached hydrogen (secondary N) is 1. The van der Waals surface area contributed by atoms with Crippen LogP contribution in [-0.2, 0) is 4.79 Å². The number of amides is 2. The summed E-state index contributed by atoms with van der Waals surface area (Å²) in [7, 11) is 3.36. The molecule has 0 saturated carbocycles. The van der Waals surface area contributed by atoms with Gasteiger partial charge < -0.3 is 20.7 Å². The molecule has 2 amide bonds. The molecular formula is C20H25N3O3. The third kappa shape index (κ3) is 4.99. The molecular weight excluding hydrogens is 330 g/mol. The molecule has 2 rings (SSSR count). The van der Waals surface area contributed by atoms with E-state index in [4.69, 9.17) is 10.5 Å². The maximum atomic E-state index is 12.5. The van der Waals surface area contributed by atoms with Gasteiger partial charge in [-0.2, -0.15) is 0 Å². The van der Waals surface area contributed by atoms with Crippen LogP contribution in [0.3, 0.4) is 0 Å². The molecule has 0 aliphatic carbocycles. The highest BCUT2D eigenvalue weighted by Gasteiger charge is 2.18. The minimum absolute atomic E-state index is 0.0492. The van der Waals surface area contributed by atoms with Gasteiger partial charge in [-0.15, -0.1) is 0 Å². The summed E-state index contributed by atoms with van der Waals surface area (Å²) in [6, 6.07) is 14.0. The SMILES string of the molecule is CCC(NC(=O)c1ccc(N)cc1)c1ccccc1OCC(=O)N(C)C. The lowest BCUT2D eigenvalue weighted by molar-refractivity contribution is -0.130. The molecule has 0 saturated heterocycles. The van der Waals surface area contributed by atoms with E-state index in [0.717, 1.165) is 5.56 Å². The Morgan fingerprint density at radius 3 is 2.38 bits per heavy atom. The molecule has 0 heterocycles. The fourth-order valence-electron chi connectivity index (χ4n) is 2.44. The Morgan fingerprint density at radius 1 is 1.12 bits per heavy atom. The molecule has 0 aromatic heterocycles. The molecule has 0 radical (unpaired) electrons. The molecule has 6 nitrogen and oxygen atoms in total. The number of carbonyl (C=O) groups excluding carboxylic acids is 2. The zero-order chi connectivity index (χ0) is 19.1. The maximum Gasteiger partial charge on any atom is 0.259 e. The second-order valence-electron chi connectivity index (χ2n) is 6.17. The van der Waals surface area contributed by atoms with Crippen molar-refractivity contribution >= 4 is 17.5 Å². The number of likely N-dealkylation sites (N-methyl/N-ethyl adjacent to an activating group) is 1. The van der Waals surface area contributed by atoms with E-state index in [9.17, 15) is 9.59 Å². The van der Waals surface area contributed by atoms with E-state index in [-0.39, 0.29) is 24.5 Å². The number of hydrogen-bond donors (Lipinski definition) is 2. The summed E-state index contributed by atoms with van der Waals surface area (Å²) in [6.07, 6.45) is 0.683. The van der Waals surface area contributed by atoms with Crippen molar-refractivity contribution in [3.8, 4) is 5.75 Å². The molecule has 3 N–H and O–H groups in total. The first kappa shape index (κ1) is 19.3. The predicted molar refractivity (Wildman–Crippen MR) is 102 cm³/mol. The summed E-state index contributed by atoms with van der Waals surface area (Å²) in [5.74, 6) is 0.280. The number of rotatable bonds is 7. The smallest absolute Gasteiger partial charge is 0.259 e. The first-order valence-electron chi connectivity index (χ1n) is 8.50. The molecule has 6 heteroatoms. The topological polar surface area (TPSA) is 84.7 Å². The normalized spacial score (nSPS) is 11.5. The zero-order valence-electron chi connectivity index (χ0n) is 15.4. The van der Waals surface area contributed by atoms with E-state index in [1.165, 1.54) is 4.90 Å². The van der Waals surface area contributed by atoms with Crippen LogP contribution in [0.25, 0.3) is 0 Å². The second kappa shape index (κ2) is 8.89. The van der Waals surface area contributed by atoms with Gasteiger partial charge in [0.2, 0.25) is 0 Å². The molecule has 2 aromatic carbocycles. The number of anilines is 1. The highest BCUT2D eigenvalue weighted by atomic mass is 16.5. The minimum atomic E-state index is -0.231. The van der Waals surface area contributed by atoms with Crippen LogP contribution in [0.15, 0.2) is 48.5 Å². The zero-order valence-corrected chi connectivity index (χ0v) is 15.4. The van der Waals surface area contributed by atoms with Crippen molar-refractivity contribution in [2.24, 2.45) is 0 Å². The summed E-state index contributed by atoms with van der Waals surface area (Å²) in [6.45, 7) is 1.93. The van der Waals surface area contributed by atoms with Crippen LogP contribution in [0.2, 0.25) is 0 Å². The number of nitrogens with two attached hydrogens (primary N) is 1. The molecule has 0 aliphatic rings. The van der Waals surface area contributed by atoms with Crippen LogP contribution in [0.5, 0.6) is 5.75 Å². The van der Waals surface area contributed by atoms with Gasteiger partial charge in [-0.3, -0.25) is 9.59 Å². The van der Waals surface area contributed by atoms with Gasteiger partial charge in [-0.1, -0.05) is 25.1 Å². The van der Waals surface area contributed by atoms with Gasteiger partial charge in [-0.25, -0.2) is 0 Å². The highest BCUT2D eigenvalue weighted by molar-refractivity contribution is 5.94. The number of benzene rings is 2. The molecule has 2 aromatic rings. The van der Waals surface area contributed by atoms with Gasteiger partial charge in [0.05, 0.1) is 6.04 Å². The average Bonchev–Trinajstić information content (AvgIpc) is 2.64. The standard InChI is InChI=1S/C20H25N3O3/c1-4-17(22-20(25)14-9-11-15(21)12-10-14)16-7-5-6-8-18(16)26-13-19(24)23(2)3/h5-12,17H,4,13,21H2,1-3H3,(H,22,25). The number of para-hydroxylation sites is 1. The number of nitrogens with zero attached hydrogens (tertiary/aromatic N) is 1. The van der Waals surface area contributed by atoms with Gasteiger partial charge in [0.25, 0.3) is 11.8 Å². The summed E-state index contributed by atoms with van der Waals surface area (Å²) >= 11 is 0. The van der Waals surface area contributed by atoms with Gasteiger partial charge in [-0.05, 0) is 36.8 Å². The first-order valence-corrected chi connectivity index (χ1v) is 8.50. The van der Waals surface area contributed by atoms with Crippen molar-refractivity contribution in [1.82, 2.24) is 10.2 Å². The van der Waals surface area contributed by atoms with E-state index >= 15 is 0 Å². The fraction of sp³-hybridized carbons (Fsp3) is 0.300. The summed E-state index contributed by atoms with van der Waals surface area (Å²) in [5.41, 5.74) is 7.65. The van der Waals surface area contributed by atoms with Crippen LogP contribution in [0, 0.1) is 0 Å². The number of ether oxygens (including phenoxy) is 1. The third-order valence-corrected chi connectivity index (χ3v) is 4.03. The van der Waals surface area contributed by atoms with Crippen molar-refractivity contribution in [2.75, 3.05) is 26.4 Å². The van der Waals surface area contributed by atoms with Crippen molar-refractivity contribution in [3.63, 3.8) is 0 Å². The van der Waals surface area contributed by atoms with Crippen LogP contribution in [0.4, 0.5) is 5.69 Å². The number of hydrogen-bond acceptors (Lipinski definition) is 4. The Morgan fingerprint density at radius 2 is 1.77 bits per heavy atom. The van der Waals surface area contributed by atoms with Crippen molar-refractivity contribution < 1.29 is 14.3 Å². The van der Waals surface area contributed by atoms with E-state index in [1.807, 2.05) is 25.1 Å². The van der Waals surface area contributed by atoms with E-state index in [2.05, 4.69) is 5.32 Å². The summed E-state index contributed by atoms with van der Waals surface area (Å²) in [4.78, 5) is 25.8. The summed E-state index contributed by atoms with van der Waals surface area (Å²) < 4.78 is 5.69. The maximum absolute atomic E-state index is 12.5. The molecule has 0 bridgehead atoms. The van der Waals surface area contributed by atoms with Crippen LogP contribution in [-0.4, -0.2) is 37.4 Å². The Labute approximate surface area is 153 Å². The lowest BCUT2D eigenvalue weighted by Crippen LogP contribution is -2.30. The van der Waals surface area contributed by atoms with Crippen molar-refractivity contribution in [1.29, 1.82) is 0 Å². The Hall–Kier alpha value is -3.02. The molecule has 1 atom stereocenters. The Balaban J connectivity index is 2.15. The molecule has 0 fully saturated rings. The number of carbonyl (C=O) groups is 2. The quantitative estimate of drug-likeness (QED) is 0.748. The lowest BCUT2D eigenvalue weighted by atomic mass is 10.0. The van der Waals surface area contributed by atoms with Gasteiger partial charge in [0.15, 0.2) is 6.61 Å². The van der Waals surface area contributed by atoms with E-state index < -0.39 is 0 Å². The van der Waals surface area contributed by atoms with Gasteiger partial charge in [0, 0.05) is 30.9 Å². The highest BCUT2D eigenvalue weighted by Crippen LogP contribution is 2.27. The van der Waals surface area contributed by atoms with Crippen molar-refractivity contribution in [2.45, 2.75) is 19.4 Å². The first-order chi connectivity index (χ1) is 12.4. The summed E-state index contributed by atoms with van der Waals surface area (Å²) in [5, 5.41) is 3.01. The molecule has 26 heavy (non-hydrogen) atoms. The second-order valence-corrected chi connectivity index (χ2v) is 6.17. The molecule has 138 valence electrons.